The minimum absolute atomic E-state index is 0.302. The van der Waals surface area contributed by atoms with Crippen LogP contribution in [0.1, 0.15) is 12.5 Å². The number of carbonyl (C=O) groups is 1. The maximum Gasteiger partial charge on any atom is 0.265 e. The third kappa shape index (κ3) is 3.95. The molecule has 0 heterocycles. The van der Waals surface area contributed by atoms with Crippen LogP contribution in [0.25, 0.3) is 0 Å². The third-order valence-electron chi connectivity index (χ3n) is 2.96. The highest BCUT2D eigenvalue weighted by molar-refractivity contribution is 5.94. The molecule has 0 saturated carbocycles. The van der Waals surface area contributed by atoms with Crippen LogP contribution in [-0.2, 0) is 4.79 Å². The summed E-state index contributed by atoms with van der Waals surface area (Å²) in [6, 6.07) is 11.0. The summed E-state index contributed by atoms with van der Waals surface area (Å²) >= 11 is 0. The molecule has 2 aromatic carbocycles. The van der Waals surface area contributed by atoms with Gasteiger partial charge in [-0.3, -0.25) is 4.79 Å². The number of nitrogens with two attached hydrogens (primary N) is 1. The predicted octanol–water partition coefficient (Wildman–Crippen LogP) is 3.12. The molecular weight excluding hydrogens is 271 g/mol. The van der Waals surface area contributed by atoms with Gasteiger partial charge in [0.25, 0.3) is 5.91 Å². The molecule has 0 aliphatic rings. The van der Waals surface area contributed by atoms with E-state index in [4.69, 9.17) is 10.5 Å². The summed E-state index contributed by atoms with van der Waals surface area (Å²) in [5.74, 6) is -0.160. The molecule has 0 aliphatic heterocycles. The van der Waals surface area contributed by atoms with Crippen LogP contribution in [-0.4, -0.2) is 12.0 Å². The van der Waals surface area contributed by atoms with Crippen LogP contribution in [0.15, 0.2) is 42.5 Å². The predicted molar refractivity (Wildman–Crippen MR) is 80.7 cm³/mol. The highest BCUT2D eigenvalue weighted by Gasteiger charge is 2.16. The number of halogens is 1. The van der Waals surface area contributed by atoms with Gasteiger partial charge in [0.2, 0.25) is 0 Å². The molecule has 0 radical (unpaired) electrons. The zero-order valence-electron chi connectivity index (χ0n) is 11.9. The largest absolute Gasteiger partial charge is 0.481 e. The van der Waals surface area contributed by atoms with E-state index in [1.807, 2.05) is 0 Å². The lowest BCUT2D eigenvalue weighted by Crippen LogP contribution is -2.30. The van der Waals surface area contributed by atoms with Crippen molar-refractivity contribution in [3.63, 3.8) is 0 Å². The molecule has 2 aromatic rings. The molecule has 0 aromatic heterocycles. The maximum absolute atomic E-state index is 13.0. The van der Waals surface area contributed by atoms with Crippen LogP contribution in [0.2, 0.25) is 0 Å². The Morgan fingerprint density at radius 2 is 2.05 bits per heavy atom. The standard InChI is InChI=1S/C16H17FN2O2/c1-10-8-12(17)6-7-15(10)21-11(2)16(20)19-14-5-3-4-13(18)9-14/h3-9,11H,18H2,1-2H3,(H,19,20). The maximum atomic E-state index is 13.0. The summed E-state index contributed by atoms with van der Waals surface area (Å²) < 4.78 is 18.6. The second kappa shape index (κ2) is 6.26. The van der Waals surface area contributed by atoms with Gasteiger partial charge in [-0.1, -0.05) is 6.07 Å². The Bertz CT molecular complexity index is 658. The lowest BCUT2D eigenvalue weighted by atomic mass is 10.2. The SMILES string of the molecule is Cc1cc(F)ccc1OC(C)C(=O)Nc1cccc(N)c1. The monoisotopic (exact) mass is 288 g/mol. The molecule has 0 fully saturated rings. The van der Waals surface area contributed by atoms with Gasteiger partial charge in [-0.2, -0.15) is 0 Å². The van der Waals surface area contributed by atoms with Crippen LogP contribution in [0.4, 0.5) is 15.8 Å². The fourth-order valence-corrected chi connectivity index (χ4v) is 1.85. The number of aryl methyl sites for hydroxylation is 1. The Morgan fingerprint density at radius 3 is 2.71 bits per heavy atom. The number of nitrogen functional groups attached to an aromatic ring is 1. The van der Waals surface area contributed by atoms with Crippen molar-refractivity contribution in [2.24, 2.45) is 0 Å². The van der Waals surface area contributed by atoms with Crippen molar-refractivity contribution >= 4 is 17.3 Å². The summed E-state index contributed by atoms with van der Waals surface area (Å²) in [6.45, 7) is 3.35. The van der Waals surface area contributed by atoms with Crippen molar-refractivity contribution in [3.8, 4) is 5.75 Å². The van der Waals surface area contributed by atoms with Crippen molar-refractivity contribution in [2.75, 3.05) is 11.1 Å². The van der Waals surface area contributed by atoms with E-state index in [2.05, 4.69) is 5.32 Å². The number of benzene rings is 2. The molecule has 1 unspecified atom stereocenters. The molecule has 21 heavy (non-hydrogen) atoms. The number of carbonyl (C=O) groups excluding carboxylic acids is 1. The van der Waals surface area contributed by atoms with Gasteiger partial charge in [-0.15, -0.1) is 0 Å². The Labute approximate surface area is 122 Å². The zero-order chi connectivity index (χ0) is 15.4. The van der Waals surface area contributed by atoms with Crippen molar-refractivity contribution in [3.05, 3.63) is 53.8 Å². The van der Waals surface area contributed by atoms with Gasteiger partial charge in [0.05, 0.1) is 0 Å². The highest BCUT2D eigenvalue weighted by atomic mass is 19.1. The molecule has 0 saturated heterocycles. The zero-order valence-corrected chi connectivity index (χ0v) is 11.9. The van der Waals surface area contributed by atoms with Gasteiger partial charge in [-0.25, -0.2) is 4.39 Å². The van der Waals surface area contributed by atoms with E-state index in [-0.39, 0.29) is 11.7 Å². The first-order chi connectivity index (χ1) is 9.95. The summed E-state index contributed by atoms with van der Waals surface area (Å²) in [4.78, 5) is 12.1. The molecule has 0 bridgehead atoms. The topological polar surface area (TPSA) is 64.3 Å². The Kier molecular flexibility index (Phi) is 4.42. The number of rotatable bonds is 4. The van der Waals surface area contributed by atoms with Crippen LogP contribution in [0, 0.1) is 12.7 Å². The fourth-order valence-electron chi connectivity index (χ4n) is 1.85. The lowest BCUT2D eigenvalue weighted by Gasteiger charge is -2.16. The highest BCUT2D eigenvalue weighted by Crippen LogP contribution is 2.20. The molecular formula is C16H17FN2O2. The van der Waals surface area contributed by atoms with Crippen molar-refractivity contribution in [2.45, 2.75) is 20.0 Å². The van der Waals surface area contributed by atoms with Crippen molar-refractivity contribution < 1.29 is 13.9 Å². The van der Waals surface area contributed by atoms with Gasteiger partial charge < -0.3 is 15.8 Å². The minimum atomic E-state index is -0.712. The molecule has 2 rings (SSSR count). The first kappa shape index (κ1) is 14.8. The molecule has 4 nitrogen and oxygen atoms in total. The molecule has 0 aliphatic carbocycles. The second-order valence-corrected chi connectivity index (χ2v) is 4.78. The van der Waals surface area contributed by atoms with E-state index in [9.17, 15) is 9.18 Å². The summed E-state index contributed by atoms with van der Waals surface area (Å²) in [7, 11) is 0. The normalized spacial score (nSPS) is 11.8. The van der Waals surface area contributed by atoms with E-state index in [1.54, 1.807) is 38.1 Å². The first-order valence-corrected chi connectivity index (χ1v) is 6.55. The van der Waals surface area contributed by atoms with Gasteiger partial charge in [-0.05, 0) is 55.8 Å². The Balaban J connectivity index is 2.02. The van der Waals surface area contributed by atoms with Gasteiger partial charge in [0.15, 0.2) is 6.10 Å². The molecule has 1 atom stereocenters. The number of hydrogen-bond acceptors (Lipinski definition) is 3. The van der Waals surface area contributed by atoms with E-state index in [0.29, 0.717) is 22.7 Å². The Hall–Kier alpha value is -2.56. The second-order valence-electron chi connectivity index (χ2n) is 4.78. The van der Waals surface area contributed by atoms with E-state index in [1.165, 1.54) is 18.2 Å². The summed E-state index contributed by atoms with van der Waals surface area (Å²) in [5.41, 5.74) is 7.46. The molecule has 5 heteroatoms. The minimum Gasteiger partial charge on any atom is -0.481 e. The number of hydrogen-bond donors (Lipinski definition) is 2. The van der Waals surface area contributed by atoms with E-state index >= 15 is 0 Å². The summed E-state index contributed by atoms with van der Waals surface area (Å²) in [5, 5.41) is 2.72. The third-order valence-corrected chi connectivity index (χ3v) is 2.96. The van der Waals surface area contributed by atoms with Gasteiger partial charge in [0.1, 0.15) is 11.6 Å². The average molecular weight is 288 g/mol. The molecule has 1 amide bonds. The fraction of sp³-hybridized carbons (Fsp3) is 0.188. The van der Waals surface area contributed by atoms with E-state index < -0.39 is 6.10 Å². The van der Waals surface area contributed by atoms with Crippen LogP contribution < -0.4 is 15.8 Å². The van der Waals surface area contributed by atoms with Crippen LogP contribution >= 0.6 is 0 Å². The number of nitrogens with one attached hydrogen (secondary N) is 1. The molecule has 3 N–H and O–H groups in total. The quantitative estimate of drug-likeness (QED) is 0.850. The number of amides is 1. The lowest BCUT2D eigenvalue weighted by molar-refractivity contribution is -0.122. The average Bonchev–Trinajstić information content (AvgIpc) is 2.41. The van der Waals surface area contributed by atoms with Crippen LogP contribution in [0.3, 0.4) is 0 Å². The summed E-state index contributed by atoms with van der Waals surface area (Å²) in [6.07, 6.45) is -0.712. The smallest absolute Gasteiger partial charge is 0.265 e. The molecule has 0 spiro atoms. The van der Waals surface area contributed by atoms with Crippen molar-refractivity contribution in [1.82, 2.24) is 0 Å². The van der Waals surface area contributed by atoms with Crippen molar-refractivity contribution in [1.29, 1.82) is 0 Å². The first-order valence-electron chi connectivity index (χ1n) is 6.55. The number of anilines is 2. The van der Waals surface area contributed by atoms with Gasteiger partial charge in [0, 0.05) is 11.4 Å². The van der Waals surface area contributed by atoms with Gasteiger partial charge >= 0.3 is 0 Å². The number of ether oxygens (including phenoxy) is 1. The van der Waals surface area contributed by atoms with Crippen LogP contribution in [0.5, 0.6) is 5.75 Å². The Morgan fingerprint density at radius 1 is 1.29 bits per heavy atom. The molecule has 110 valence electrons. The van der Waals surface area contributed by atoms with E-state index in [0.717, 1.165) is 0 Å².